The summed E-state index contributed by atoms with van der Waals surface area (Å²) in [6.07, 6.45) is 0. The van der Waals surface area contributed by atoms with E-state index in [-0.39, 0.29) is 11.5 Å². The minimum absolute atomic E-state index is 0.286. The number of phosphoric acid groups is 2. The molecule has 2 aromatic rings. The molecule has 0 saturated carbocycles. The molecule has 0 spiro atoms. The third-order valence-corrected chi connectivity index (χ3v) is 5.15. The summed E-state index contributed by atoms with van der Waals surface area (Å²) in [6.45, 7) is 10.2. The van der Waals surface area contributed by atoms with Gasteiger partial charge in [0.1, 0.15) is 11.5 Å². The number of phosphoric ester groups is 2. The van der Waals surface area contributed by atoms with E-state index in [2.05, 4.69) is 0 Å². The first-order valence-corrected chi connectivity index (χ1v) is 12.1. The van der Waals surface area contributed by atoms with Crippen LogP contribution in [0.1, 0.15) is 41.5 Å². The molecule has 0 aromatic heterocycles. The van der Waals surface area contributed by atoms with E-state index in [1.54, 1.807) is 102 Å². The molecule has 2 aromatic carbocycles. The van der Waals surface area contributed by atoms with Crippen molar-refractivity contribution in [3.8, 4) is 11.5 Å². The molecule has 0 heterocycles. The van der Waals surface area contributed by atoms with Crippen molar-refractivity contribution < 1.29 is 37.0 Å². The summed E-state index contributed by atoms with van der Waals surface area (Å²) in [4.78, 5) is 18.8. The summed E-state index contributed by atoms with van der Waals surface area (Å²) < 4.78 is 42.6. The van der Waals surface area contributed by atoms with Crippen LogP contribution in [0.3, 0.4) is 0 Å². The van der Waals surface area contributed by atoms with E-state index in [1.165, 1.54) is 0 Å². The first-order chi connectivity index (χ1) is 13.6. The summed E-state index contributed by atoms with van der Waals surface area (Å²) in [6, 6.07) is 16.7. The van der Waals surface area contributed by atoms with Crippen LogP contribution in [0.25, 0.3) is 0 Å². The summed E-state index contributed by atoms with van der Waals surface area (Å²) in [5.41, 5.74) is -1.37. The van der Waals surface area contributed by atoms with E-state index in [4.69, 9.17) is 18.1 Å². The molecule has 0 fully saturated rings. The van der Waals surface area contributed by atoms with Crippen molar-refractivity contribution in [1.29, 1.82) is 0 Å². The fourth-order valence-electron chi connectivity index (χ4n) is 1.96. The highest BCUT2D eigenvalue weighted by Gasteiger charge is 2.33. The lowest BCUT2D eigenvalue weighted by Crippen LogP contribution is -2.23. The van der Waals surface area contributed by atoms with Gasteiger partial charge in [0.15, 0.2) is 0 Å². The molecule has 2 rings (SSSR count). The maximum Gasteiger partial charge on any atom is 0.584 e. The highest BCUT2D eigenvalue weighted by Crippen LogP contribution is 2.50. The monoisotopic (exact) mass is 460 g/mol. The first-order valence-electron chi connectivity index (χ1n) is 9.13. The zero-order chi connectivity index (χ0) is 23.1. The molecular formula is C20H30O8P2. The van der Waals surface area contributed by atoms with E-state index >= 15 is 0 Å². The van der Waals surface area contributed by atoms with E-state index in [9.17, 15) is 18.9 Å². The molecule has 0 atom stereocenters. The third-order valence-electron chi connectivity index (χ3n) is 2.71. The smallest absolute Gasteiger partial charge is 0.395 e. The molecule has 168 valence electrons. The number of hydrogen-bond acceptors (Lipinski definition) is 6. The molecule has 0 aliphatic heterocycles. The molecule has 0 amide bonds. The summed E-state index contributed by atoms with van der Waals surface area (Å²) in [7, 11) is -8.07. The van der Waals surface area contributed by atoms with Gasteiger partial charge in [-0.2, -0.15) is 0 Å². The van der Waals surface area contributed by atoms with E-state index in [1.807, 2.05) is 0 Å². The Kier molecular flexibility index (Phi) is 9.30. The lowest BCUT2D eigenvalue weighted by Gasteiger charge is -2.27. The normalized spacial score (nSPS) is 12.5. The van der Waals surface area contributed by atoms with Crippen molar-refractivity contribution >= 4 is 15.6 Å². The van der Waals surface area contributed by atoms with Gasteiger partial charge in [0, 0.05) is 0 Å². The minimum Gasteiger partial charge on any atom is -0.395 e. The summed E-state index contributed by atoms with van der Waals surface area (Å²) >= 11 is 0. The number of hydrogen-bond donors (Lipinski definition) is 2. The van der Waals surface area contributed by atoms with Crippen molar-refractivity contribution in [2.75, 3.05) is 0 Å². The van der Waals surface area contributed by atoms with Crippen molar-refractivity contribution in [3.05, 3.63) is 60.7 Å². The second kappa shape index (κ2) is 10.6. The summed E-state index contributed by atoms with van der Waals surface area (Å²) in [5, 5.41) is 0. The van der Waals surface area contributed by atoms with Gasteiger partial charge in [-0.25, -0.2) is 9.13 Å². The van der Waals surface area contributed by atoms with Gasteiger partial charge in [-0.1, -0.05) is 36.4 Å². The molecule has 8 nitrogen and oxygen atoms in total. The molecule has 0 bridgehead atoms. The third kappa shape index (κ3) is 12.8. The number of para-hydroxylation sites is 2. The zero-order valence-corrected chi connectivity index (χ0v) is 19.8. The van der Waals surface area contributed by atoms with E-state index < -0.39 is 26.8 Å². The van der Waals surface area contributed by atoms with Gasteiger partial charge in [-0.15, -0.1) is 0 Å². The Morgan fingerprint density at radius 2 is 0.900 bits per heavy atom. The molecule has 0 unspecified atom stereocenters. The Morgan fingerprint density at radius 1 is 0.600 bits per heavy atom. The lowest BCUT2D eigenvalue weighted by atomic mass is 10.2. The Balaban J connectivity index is 0.000000314. The molecule has 0 aliphatic rings. The van der Waals surface area contributed by atoms with Crippen LogP contribution >= 0.6 is 15.6 Å². The maximum absolute atomic E-state index is 11.7. The number of rotatable bonds is 6. The van der Waals surface area contributed by atoms with Crippen LogP contribution in [-0.2, 0) is 18.2 Å². The standard InChI is InChI=1S/C12H11O4P.C8H19O4P/c13-17(14,15-11-7-3-1-4-8-11)16-12-9-5-2-6-10-12;1-7(2,3)11-13(9,10)12-8(4,5)6/h1-10H,(H,13,14);1-6H3,(H,9,10). The Morgan fingerprint density at radius 3 is 1.17 bits per heavy atom. The fourth-order valence-corrected chi connectivity index (χ4v) is 4.19. The van der Waals surface area contributed by atoms with Gasteiger partial charge in [-0.3, -0.25) is 13.9 Å². The highest BCUT2D eigenvalue weighted by molar-refractivity contribution is 7.48. The summed E-state index contributed by atoms with van der Waals surface area (Å²) in [5.74, 6) is 0.573. The molecule has 30 heavy (non-hydrogen) atoms. The van der Waals surface area contributed by atoms with Crippen LogP contribution in [0.5, 0.6) is 11.5 Å². The highest BCUT2D eigenvalue weighted by atomic mass is 31.2. The largest absolute Gasteiger partial charge is 0.584 e. The zero-order valence-electron chi connectivity index (χ0n) is 18.0. The van der Waals surface area contributed by atoms with Crippen LogP contribution in [0.4, 0.5) is 0 Å². The predicted octanol–water partition coefficient (Wildman–Crippen LogP) is 5.96. The second-order valence-corrected chi connectivity index (χ2v) is 10.8. The van der Waals surface area contributed by atoms with Crippen molar-refractivity contribution in [3.63, 3.8) is 0 Å². The van der Waals surface area contributed by atoms with Gasteiger partial charge in [0.2, 0.25) is 0 Å². The molecule has 0 saturated heterocycles. The molecule has 0 aliphatic carbocycles. The topological polar surface area (TPSA) is 112 Å². The average Bonchev–Trinajstić information content (AvgIpc) is 2.51. The van der Waals surface area contributed by atoms with Crippen LogP contribution in [-0.4, -0.2) is 21.0 Å². The van der Waals surface area contributed by atoms with Crippen molar-refractivity contribution in [2.45, 2.75) is 52.7 Å². The van der Waals surface area contributed by atoms with E-state index in [0.717, 1.165) is 0 Å². The SMILES string of the molecule is CC(C)(C)OP(=O)(O)OC(C)(C)C.O=P(O)(Oc1ccccc1)Oc1ccccc1. The lowest BCUT2D eigenvalue weighted by molar-refractivity contribution is 0.0187. The minimum atomic E-state index is -4.14. The second-order valence-electron chi connectivity index (χ2n) is 8.15. The van der Waals surface area contributed by atoms with Gasteiger partial charge in [0.25, 0.3) is 0 Å². The van der Waals surface area contributed by atoms with Crippen LogP contribution in [0.15, 0.2) is 60.7 Å². The molecule has 2 N–H and O–H groups in total. The predicted molar refractivity (Wildman–Crippen MR) is 115 cm³/mol. The van der Waals surface area contributed by atoms with E-state index in [0.29, 0.717) is 0 Å². The number of benzene rings is 2. The van der Waals surface area contributed by atoms with Crippen LogP contribution in [0, 0.1) is 0 Å². The van der Waals surface area contributed by atoms with Gasteiger partial charge >= 0.3 is 15.6 Å². The quantitative estimate of drug-likeness (QED) is 0.508. The molecule has 10 heteroatoms. The maximum atomic E-state index is 11.7. The Bertz CT molecular complexity index is 792. The first kappa shape index (κ1) is 26.4. The molecular weight excluding hydrogens is 430 g/mol. The van der Waals surface area contributed by atoms with Crippen molar-refractivity contribution in [1.82, 2.24) is 0 Å². The fraction of sp³-hybridized carbons (Fsp3) is 0.400. The van der Waals surface area contributed by atoms with Crippen molar-refractivity contribution in [2.24, 2.45) is 0 Å². The Hall–Kier alpha value is -1.66. The van der Waals surface area contributed by atoms with Gasteiger partial charge in [0.05, 0.1) is 11.2 Å². The van der Waals surface area contributed by atoms with Gasteiger partial charge < -0.3 is 13.9 Å². The average molecular weight is 460 g/mol. The van der Waals surface area contributed by atoms with Crippen LogP contribution in [0.2, 0.25) is 0 Å². The van der Waals surface area contributed by atoms with Gasteiger partial charge in [-0.05, 0) is 65.8 Å². The Labute approximate surface area is 178 Å². The molecule has 0 radical (unpaired) electrons. The van der Waals surface area contributed by atoms with Crippen LogP contribution < -0.4 is 9.05 Å².